The van der Waals surface area contributed by atoms with Gasteiger partial charge in [0.15, 0.2) is 0 Å². The van der Waals surface area contributed by atoms with Crippen molar-refractivity contribution in [1.29, 1.82) is 0 Å². The quantitative estimate of drug-likeness (QED) is 0.909. The molecule has 1 aliphatic heterocycles. The monoisotopic (exact) mass is 302 g/mol. The van der Waals surface area contributed by atoms with Gasteiger partial charge in [-0.05, 0) is 76.7 Å². The molecule has 3 heteroatoms. The summed E-state index contributed by atoms with van der Waals surface area (Å²) in [5.41, 5.74) is 2.12. The maximum Gasteiger partial charge on any atom is 0.0829 e. The molecule has 1 saturated heterocycles. The number of rotatable bonds is 2. The number of hydrogen-bond donors (Lipinski definition) is 1. The zero-order valence-electron chi connectivity index (χ0n) is 14.4. The molecule has 1 heterocycles. The lowest BCUT2D eigenvalue weighted by Crippen LogP contribution is -2.62. The average Bonchev–Trinajstić information content (AvgIpc) is 2.51. The molecule has 1 aromatic carbocycles. The van der Waals surface area contributed by atoms with Crippen LogP contribution in [0.5, 0.6) is 0 Å². The molecule has 22 heavy (non-hydrogen) atoms. The number of aliphatic hydroxyl groups is 1. The second kappa shape index (κ2) is 5.86. The van der Waals surface area contributed by atoms with E-state index in [-0.39, 0.29) is 6.04 Å². The van der Waals surface area contributed by atoms with Crippen LogP contribution in [0.2, 0.25) is 0 Å². The van der Waals surface area contributed by atoms with Crippen LogP contribution < -0.4 is 4.90 Å². The molecular weight excluding hydrogens is 272 g/mol. The van der Waals surface area contributed by atoms with Crippen molar-refractivity contribution in [3.8, 4) is 0 Å². The Bertz CT molecular complexity index is 532. The smallest absolute Gasteiger partial charge is 0.0829 e. The van der Waals surface area contributed by atoms with Crippen molar-refractivity contribution in [3.63, 3.8) is 0 Å². The van der Waals surface area contributed by atoms with E-state index in [1.807, 2.05) is 0 Å². The summed E-state index contributed by atoms with van der Waals surface area (Å²) in [5.74, 6) is 0.435. The highest BCUT2D eigenvalue weighted by Gasteiger charge is 2.49. The lowest BCUT2D eigenvalue weighted by Gasteiger charge is -2.54. The summed E-state index contributed by atoms with van der Waals surface area (Å²) in [5, 5.41) is 11.2. The zero-order chi connectivity index (χ0) is 15.9. The van der Waals surface area contributed by atoms with Crippen molar-refractivity contribution >= 4 is 5.69 Å². The Morgan fingerprint density at radius 1 is 1.32 bits per heavy atom. The molecule has 1 saturated carbocycles. The number of benzene rings is 1. The van der Waals surface area contributed by atoms with Gasteiger partial charge < -0.3 is 14.9 Å². The Labute approximate surface area is 134 Å². The lowest BCUT2D eigenvalue weighted by atomic mass is 9.66. The maximum atomic E-state index is 11.2. The molecule has 0 bridgehead atoms. The molecule has 3 nitrogen and oxygen atoms in total. The highest BCUT2D eigenvalue weighted by molar-refractivity contribution is 5.48. The second-order valence-corrected chi connectivity index (χ2v) is 7.51. The fourth-order valence-corrected chi connectivity index (χ4v) is 4.51. The number of hydrogen-bond acceptors (Lipinski definition) is 3. The van der Waals surface area contributed by atoms with Crippen LogP contribution in [-0.2, 0) is 0 Å². The second-order valence-electron chi connectivity index (χ2n) is 7.51. The molecule has 0 amide bonds. The predicted octanol–water partition coefficient (Wildman–Crippen LogP) is 3.06. The third kappa shape index (κ3) is 2.65. The number of anilines is 1. The summed E-state index contributed by atoms with van der Waals surface area (Å²) in [7, 11) is 4.35. The van der Waals surface area contributed by atoms with Gasteiger partial charge in [-0.1, -0.05) is 12.1 Å². The van der Waals surface area contributed by atoms with Gasteiger partial charge in [0.2, 0.25) is 0 Å². The van der Waals surface area contributed by atoms with Gasteiger partial charge in [0.05, 0.1) is 5.60 Å². The van der Waals surface area contributed by atoms with Crippen LogP contribution in [-0.4, -0.2) is 48.3 Å². The van der Waals surface area contributed by atoms with Crippen LogP contribution in [0.4, 0.5) is 5.69 Å². The standard InChI is InChI=1S/C19H30N2O/c1-14-6-5-7-17(12-14)21(4)18-8-10-19(22)15(2)20(3)11-9-16(19)13-18/h5-7,12,15-16,18,22H,8-11,13H2,1-4H3/t15-,16?,18?,19?/m1/s1. The lowest BCUT2D eigenvalue weighted by molar-refractivity contribution is -0.132. The van der Waals surface area contributed by atoms with Gasteiger partial charge in [-0.25, -0.2) is 0 Å². The Hall–Kier alpha value is -1.06. The van der Waals surface area contributed by atoms with Crippen molar-refractivity contribution in [1.82, 2.24) is 4.90 Å². The van der Waals surface area contributed by atoms with Crippen molar-refractivity contribution in [3.05, 3.63) is 29.8 Å². The van der Waals surface area contributed by atoms with Gasteiger partial charge in [0.25, 0.3) is 0 Å². The summed E-state index contributed by atoms with van der Waals surface area (Å²) in [6.07, 6.45) is 4.23. The SMILES string of the molecule is Cc1cccc(N(C)C2CCC3(O)C(CCN(C)[C@@H]3C)C2)c1. The molecule has 1 aliphatic carbocycles. The number of aryl methyl sites for hydroxylation is 1. The average molecular weight is 302 g/mol. The van der Waals surface area contributed by atoms with E-state index in [2.05, 4.69) is 62.0 Å². The van der Waals surface area contributed by atoms with Crippen LogP contribution in [0.25, 0.3) is 0 Å². The van der Waals surface area contributed by atoms with Gasteiger partial charge in [0, 0.05) is 24.8 Å². The van der Waals surface area contributed by atoms with Gasteiger partial charge in [-0.15, -0.1) is 0 Å². The third-order valence-electron chi connectivity index (χ3n) is 6.31. The summed E-state index contributed by atoms with van der Waals surface area (Å²) in [4.78, 5) is 4.75. The molecular formula is C19H30N2O. The van der Waals surface area contributed by atoms with Crippen LogP contribution in [0.3, 0.4) is 0 Å². The van der Waals surface area contributed by atoms with E-state index in [1.165, 1.54) is 11.3 Å². The number of likely N-dealkylation sites (tertiary alicyclic amines) is 1. The first-order chi connectivity index (χ1) is 10.4. The van der Waals surface area contributed by atoms with E-state index in [9.17, 15) is 5.11 Å². The molecule has 3 rings (SSSR count). The normalized spacial score (nSPS) is 36.0. The van der Waals surface area contributed by atoms with E-state index >= 15 is 0 Å². The largest absolute Gasteiger partial charge is 0.388 e. The minimum Gasteiger partial charge on any atom is -0.388 e. The zero-order valence-corrected chi connectivity index (χ0v) is 14.4. The fourth-order valence-electron chi connectivity index (χ4n) is 4.51. The van der Waals surface area contributed by atoms with E-state index in [0.717, 1.165) is 32.2 Å². The Morgan fingerprint density at radius 3 is 2.82 bits per heavy atom. The topological polar surface area (TPSA) is 26.7 Å². The molecule has 122 valence electrons. The molecule has 4 atom stereocenters. The van der Waals surface area contributed by atoms with Crippen LogP contribution in [0.1, 0.15) is 38.2 Å². The number of piperidine rings is 1. The van der Waals surface area contributed by atoms with Crippen LogP contribution in [0.15, 0.2) is 24.3 Å². The predicted molar refractivity (Wildman–Crippen MR) is 92.4 cm³/mol. The van der Waals surface area contributed by atoms with E-state index in [4.69, 9.17) is 0 Å². The van der Waals surface area contributed by atoms with Crippen molar-refractivity contribution in [2.75, 3.05) is 25.5 Å². The Morgan fingerprint density at radius 2 is 2.09 bits per heavy atom. The summed E-state index contributed by atoms with van der Waals surface area (Å²) < 4.78 is 0. The van der Waals surface area contributed by atoms with Crippen molar-refractivity contribution in [2.45, 2.75) is 57.2 Å². The first-order valence-corrected chi connectivity index (χ1v) is 8.64. The molecule has 2 fully saturated rings. The molecule has 0 aromatic heterocycles. The van der Waals surface area contributed by atoms with Gasteiger partial charge >= 0.3 is 0 Å². The van der Waals surface area contributed by atoms with E-state index in [1.54, 1.807) is 0 Å². The van der Waals surface area contributed by atoms with Crippen molar-refractivity contribution < 1.29 is 5.11 Å². The van der Waals surface area contributed by atoms with Gasteiger partial charge in [-0.3, -0.25) is 0 Å². The van der Waals surface area contributed by atoms with Crippen LogP contribution >= 0.6 is 0 Å². The third-order valence-corrected chi connectivity index (χ3v) is 6.31. The molecule has 0 spiro atoms. The minimum atomic E-state index is -0.489. The van der Waals surface area contributed by atoms with Gasteiger partial charge in [-0.2, -0.15) is 0 Å². The highest BCUT2D eigenvalue weighted by atomic mass is 16.3. The molecule has 3 unspecified atom stereocenters. The van der Waals surface area contributed by atoms with Gasteiger partial charge in [0.1, 0.15) is 0 Å². The Balaban J connectivity index is 1.74. The molecule has 1 N–H and O–H groups in total. The van der Waals surface area contributed by atoms with E-state index in [0.29, 0.717) is 12.0 Å². The first-order valence-electron chi connectivity index (χ1n) is 8.64. The first kappa shape index (κ1) is 15.8. The molecule has 0 radical (unpaired) electrons. The van der Waals surface area contributed by atoms with E-state index < -0.39 is 5.60 Å². The van der Waals surface area contributed by atoms with Crippen LogP contribution in [0, 0.1) is 12.8 Å². The summed E-state index contributed by atoms with van der Waals surface area (Å²) >= 11 is 0. The molecule has 1 aromatic rings. The molecule has 2 aliphatic rings. The summed E-state index contributed by atoms with van der Waals surface area (Å²) in [6.45, 7) is 5.45. The summed E-state index contributed by atoms with van der Waals surface area (Å²) in [6, 6.07) is 9.57. The maximum absolute atomic E-state index is 11.2. The highest BCUT2D eigenvalue weighted by Crippen LogP contribution is 2.44. The number of likely N-dealkylation sites (N-methyl/N-ethyl adjacent to an activating group) is 1. The number of nitrogens with zero attached hydrogens (tertiary/aromatic N) is 2. The fraction of sp³-hybridized carbons (Fsp3) is 0.684. The number of fused-ring (bicyclic) bond motifs is 1. The Kier molecular flexibility index (Phi) is 4.21. The van der Waals surface area contributed by atoms with Crippen molar-refractivity contribution in [2.24, 2.45) is 5.92 Å². The minimum absolute atomic E-state index is 0.275.